The minimum Gasteiger partial charge on any atom is -0.300 e. The third-order valence-corrected chi connectivity index (χ3v) is 6.68. The molecule has 4 aromatic rings. The maximum absolute atomic E-state index is 13.3. The van der Waals surface area contributed by atoms with Gasteiger partial charge in [-0.15, -0.1) is 10.2 Å². The number of amides is 1. The summed E-state index contributed by atoms with van der Waals surface area (Å²) >= 11 is 1.29. The lowest BCUT2D eigenvalue weighted by Crippen LogP contribution is -2.45. The highest BCUT2D eigenvalue weighted by Crippen LogP contribution is 2.43. The number of benzene rings is 2. The first-order valence-electron chi connectivity index (χ1n) is 9.52. The maximum atomic E-state index is 13.3. The van der Waals surface area contributed by atoms with E-state index in [0.717, 1.165) is 22.2 Å². The molecule has 0 aliphatic heterocycles. The van der Waals surface area contributed by atoms with Gasteiger partial charge in [-0.3, -0.25) is 4.79 Å². The SMILES string of the molecule is CC(C)(C(=O)Nc1nncs1)C(C)(C)c1ccc2c(cnn2-c2ccc(F)cc2)c1. The van der Waals surface area contributed by atoms with Crippen LogP contribution in [-0.2, 0) is 10.2 Å². The molecule has 0 aliphatic carbocycles. The predicted octanol–water partition coefficient (Wildman–Crippen LogP) is 4.96. The van der Waals surface area contributed by atoms with Crippen molar-refractivity contribution >= 4 is 33.3 Å². The minimum absolute atomic E-state index is 0.119. The van der Waals surface area contributed by atoms with Crippen LogP contribution in [0.25, 0.3) is 16.6 Å². The Morgan fingerprint density at radius 1 is 1.10 bits per heavy atom. The molecule has 4 rings (SSSR count). The Morgan fingerprint density at radius 2 is 1.83 bits per heavy atom. The molecule has 8 heteroatoms. The summed E-state index contributed by atoms with van der Waals surface area (Å²) in [4.78, 5) is 13.0. The number of halogens is 1. The van der Waals surface area contributed by atoms with Crippen molar-refractivity contribution in [2.45, 2.75) is 33.1 Å². The number of nitrogens with one attached hydrogen (secondary N) is 1. The van der Waals surface area contributed by atoms with Crippen molar-refractivity contribution in [1.29, 1.82) is 0 Å². The van der Waals surface area contributed by atoms with Gasteiger partial charge in [0.15, 0.2) is 0 Å². The van der Waals surface area contributed by atoms with Crippen LogP contribution in [0, 0.1) is 11.2 Å². The summed E-state index contributed by atoms with van der Waals surface area (Å²) in [6, 6.07) is 12.3. The summed E-state index contributed by atoms with van der Waals surface area (Å²) in [6.45, 7) is 7.96. The van der Waals surface area contributed by atoms with Gasteiger partial charge in [0.1, 0.15) is 11.3 Å². The van der Waals surface area contributed by atoms with E-state index in [2.05, 4.69) is 40.5 Å². The lowest BCUT2D eigenvalue weighted by atomic mass is 9.63. The molecular weight excluding hydrogens is 401 g/mol. The minimum atomic E-state index is -0.723. The summed E-state index contributed by atoms with van der Waals surface area (Å²) < 4.78 is 15.0. The van der Waals surface area contributed by atoms with Gasteiger partial charge in [0.05, 0.1) is 22.8 Å². The van der Waals surface area contributed by atoms with Crippen molar-refractivity contribution in [3.05, 3.63) is 65.6 Å². The van der Waals surface area contributed by atoms with Crippen LogP contribution in [0.2, 0.25) is 0 Å². The van der Waals surface area contributed by atoms with Gasteiger partial charge >= 0.3 is 0 Å². The smallest absolute Gasteiger partial charge is 0.232 e. The van der Waals surface area contributed by atoms with E-state index in [-0.39, 0.29) is 11.7 Å². The normalized spacial score (nSPS) is 12.3. The van der Waals surface area contributed by atoms with E-state index in [1.807, 2.05) is 26.0 Å². The fourth-order valence-electron chi connectivity index (χ4n) is 3.34. The molecule has 30 heavy (non-hydrogen) atoms. The maximum Gasteiger partial charge on any atom is 0.232 e. The Morgan fingerprint density at radius 3 is 2.50 bits per heavy atom. The summed E-state index contributed by atoms with van der Waals surface area (Å²) in [7, 11) is 0. The molecule has 6 nitrogen and oxygen atoms in total. The van der Waals surface area contributed by atoms with Gasteiger partial charge in [-0.2, -0.15) is 5.10 Å². The van der Waals surface area contributed by atoms with Gasteiger partial charge in [0.2, 0.25) is 11.0 Å². The number of rotatable bonds is 5. The molecule has 2 aromatic heterocycles. The third kappa shape index (κ3) is 3.37. The van der Waals surface area contributed by atoms with Crippen LogP contribution in [-0.4, -0.2) is 25.9 Å². The lowest BCUT2D eigenvalue weighted by Gasteiger charge is -2.40. The molecule has 2 aromatic carbocycles. The fraction of sp³-hybridized carbons (Fsp3) is 0.273. The van der Waals surface area contributed by atoms with Crippen LogP contribution < -0.4 is 5.32 Å². The van der Waals surface area contributed by atoms with Gasteiger partial charge in [-0.05, 0) is 42.0 Å². The number of aromatic nitrogens is 4. The van der Waals surface area contributed by atoms with E-state index in [1.165, 1.54) is 23.5 Å². The van der Waals surface area contributed by atoms with Gasteiger partial charge < -0.3 is 5.32 Å². The van der Waals surface area contributed by atoms with E-state index >= 15 is 0 Å². The van der Waals surface area contributed by atoms with Crippen molar-refractivity contribution < 1.29 is 9.18 Å². The number of hydrogen-bond donors (Lipinski definition) is 1. The first-order valence-corrected chi connectivity index (χ1v) is 10.4. The van der Waals surface area contributed by atoms with Crippen LogP contribution >= 0.6 is 11.3 Å². The topological polar surface area (TPSA) is 72.7 Å². The lowest BCUT2D eigenvalue weighted by molar-refractivity contribution is -0.127. The molecule has 0 saturated carbocycles. The molecule has 0 unspecified atom stereocenters. The molecule has 1 N–H and O–H groups in total. The van der Waals surface area contributed by atoms with Crippen LogP contribution in [0.1, 0.15) is 33.3 Å². The van der Waals surface area contributed by atoms with Gasteiger partial charge in [0.25, 0.3) is 0 Å². The number of carbonyl (C=O) groups is 1. The molecule has 0 radical (unpaired) electrons. The van der Waals surface area contributed by atoms with E-state index in [4.69, 9.17) is 0 Å². The average Bonchev–Trinajstić information content (AvgIpc) is 3.37. The summed E-state index contributed by atoms with van der Waals surface area (Å²) in [5, 5.41) is 16.4. The zero-order chi connectivity index (χ0) is 21.5. The predicted molar refractivity (Wildman–Crippen MR) is 116 cm³/mol. The monoisotopic (exact) mass is 423 g/mol. The molecule has 2 heterocycles. The number of carbonyl (C=O) groups excluding carboxylic acids is 1. The summed E-state index contributed by atoms with van der Waals surface area (Å²) in [5.41, 5.74) is 3.10. The van der Waals surface area contributed by atoms with E-state index in [9.17, 15) is 9.18 Å². The Bertz CT molecular complexity index is 1200. The zero-order valence-electron chi connectivity index (χ0n) is 17.2. The molecule has 0 spiro atoms. The Kier molecular flexibility index (Phi) is 4.89. The standard InChI is InChI=1S/C22H22FN5OS/c1-21(2,22(3,4)19(29)26-20-27-24-13-30-20)15-5-10-18-14(11-15)12-25-28(18)17-8-6-16(23)7-9-17/h5-13H,1-4H3,(H,26,27,29). The van der Waals surface area contributed by atoms with Crippen molar-refractivity contribution in [2.75, 3.05) is 5.32 Å². The van der Waals surface area contributed by atoms with Crippen LogP contribution in [0.5, 0.6) is 0 Å². The van der Waals surface area contributed by atoms with Crippen LogP contribution in [0.4, 0.5) is 9.52 Å². The Hall–Kier alpha value is -3.13. The molecule has 0 atom stereocenters. The first-order chi connectivity index (χ1) is 14.2. The number of fused-ring (bicyclic) bond motifs is 1. The van der Waals surface area contributed by atoms with Gasteiger partial charge in [-0.1, -0.05) is 45.1 Å². The molecular formula is C22H22FN5OS. The van der Waals surface area contributed by atoms with Crippen LogP contribution in [0.15, 0.2) is 54.2 Å². The Balaban J connectivity index is 1.67. The van der Waals surface area contributed by atoms with Crippen molar-refractivity contribution in [3.8, 4) is 5.69 Å². The van der Waals surface area contributed by atoms with Crippen LogP contribution in [0.3, 0.4) is 0 Å². The number of hydrogen-bond acceptors (Lipinski definition) is 5. The van der Waals surface area contributed by atoms with Crippen molar-refractivity contribution in [3.63, 3.8) is 0 Å². The largest absolute Gasteiger partial charge is 0.300 e. The highest BCUT2D eigenvalue weighted by Gasteiger charge is 2.44. The molecule has 0 fully saturated rings. The van der Waals surface area contributed by atoms with Crippen molar-refractivity contribution in [1.82, 2.24) is 20.0 Å². The summed E-state index contributed by atoms with van der Waals surface area (Å²) in [5.74, 6) is -0.403. The van der Waals surface area contributed by atoms with Gasteiger partial charge in [0, 0.05) is 10.8 Å². The molecule has 1 amide bonds. The Labute approximate surface area is 177 Å². The highest BCUT2D eigenvalue weighted by molar-refractivity contribution is 7.13. The second-order valence-electron chi connectivity index (χ2n) is 8.25. The van der Waals surface area contributed by atoms with E-state index in [1.54, 1.807) is 28.5 Å². The van der Waals surface area contributed by atoms with E-state index < -0.39 is 10.8 Å². The molecule has 0 saturated heterocycles. The zero-order valence-corrected chi connectivity index (χ0v) is 18.0. The van der Waals surface area contributed by atoms with Gasteiger partial charge in [-0.25, -0.2) is 9.07 Å². The summed E-state index contributed by atoms with van der Waals surface area (Å²) in [6.07, 6.45) is 1.78. The molecule has 0 bridgehead atoms. The average molecular weight is 424 g/mol. The number of nitrogens with zero attached hydrogens (tertiary/aromatic N) is 4. The first kappa shape index (κ1) is 20.2. The third-order valence-electron chi connectivity index (χ3n) is 6.07. The molecule has 154 valence electrons. The fourth-order valence-corrected chi connectivity index (χ4v) is 3.78. The van der Waals surface area contributed by atoms with Crippen molar-refractivity contribution in [2.24, 2.45) is 5.41 Å². The molecule has 0 aliphatic rings. The highest BCUT2D eigenvalue weighted by atomic mass is 32.1. The quantitative estimate of drug-likeness (QED) is 0.492. The van der Waals surface area contributed by atoms with E-state index in [0.29, 0.717) is 5.13 Å². The number of anilines is 1. The second kappa shape index (κ2) is 7.28. The second-order valence-corrected chi connectivity index (χ2v) is 9.09.